The van der Waals surface area contributed by atoms with Crippen LogP contribution in [0, 0.1) is 0 Å². The van der Waals surface area contributed by atoms with Gasteiger partial charge in [0.2, 0.25) is 0 Å². The van der Waals surface area contributed by atoms with Crippen molar-refractivity contribution in [3.05, 3.63) is 170 Å². The maximum atomic E-state index is 12.8. The average Bonchev–Trinajstić information content (AvgIpc) is 3.33. The van der Waals surface area contributed by atoms with E-state index in [1.54, 1.807) is 0 Å². The smallest absolute Gasteiger partial charge is 0.306 e. The lowest BCUT2D eigenvalue weighted by molar-refractivity contribution is -0.167. The van der Waals surface area contributed by atoms with Gasteiger partial charge in [-0.1, -0.05) is 210 Å². The molecule has 0 aromatic rings. The Morgan fingerprint density at radius 2 is 0.672 bits per heavy atom. The standard InChI is InChI=1S/C61H90O6/c1-4-7-10-13-16-19-22-25-27-29-30-32-33-36-39-42-45-48-51-54-60(63)66-57-58(56-65-59(62)53-50-47-44-41-38-35-24-21-18-15-12-9-6-3)67-61(64)55-52-49-46-43-40-37-34-31-28-26-23-20-17-14-11-8-5-2/h7,9-10,12,15-21,24-28,30,32,34-39,41,43-44,46,58H,4-6,8,11,13-14,22-23,29,31,33,40,42,45,47-57H2,1-3H3/b10-7-,12-9-,18-15-,19-16-,20-17-,24-21-,27-25-,28-26-,32-30-,37-34-,38-35-,39-36-,44-41-,46-43-. The highest BCUT2D eigenvalue weighted by Crippen LogP contribution is 2.09. The molecule has 0 bridgehead atoms. The van der Waals surface area contributed by atoms with Crippen LogP contribution in [0.15, 0.2) is 170 Å². The first-order chi connectivity index (χ1) is 33.0. The van der Waals surface area contributed by atoms with Crippen molar-refractivity contribution in [1.82, 2.24) is 0 Å². The molecule has 0 spiro atoms. The summed E-state index contributed by atoms with van der Waals surface area (Å²) in [6, 6.07) is 0. The van der Waals surface area contributed by atoms with Crippen molar-refractivity contribution >= 4 is 17.9 Å². The van der Waals surface area contributed by atoms with Crippen LogP contribution < -0.4 is 0 Å². The first-order valence-corrected chi connectivity index (χ1v) is 25.7. The number of hydrogen-bond donors (Lipinski definition) is 0. The van der Waals surface area contributed by atoms with Crippen LogP contribution in [0.4, 0.5) is 0 Å². The summed E-state index contributed by atoms with van der Waals surface area (Å²) in [5.41, 5.74) is 0. The second kappa shape index (κ2) is 53.4. The van der Waals surface area contributed by atoms with Gasteiger partial charge in [-0.05, 0) is 116 Å². The van der Waals surface area contributed by atoms with Crippen LogP contribution in [0.5, 0.6) is 0 Å². The van der Waals surface area contributed by atoms with Gasteiger partial charge < -0.3 is 14.2 Å². The minimum absolute atomic E-state index is 0.149. The summed E-state index contributed by atoms with van der Waals surface area (Å²) in [4.78, 5) is 37.9. The third-order valence-corrected chi connectivity index (χ3v) is 9.81. The molecular weight excluding hydrogens is 829 g/mol. The minimum atomic E-state index is -0.858. The van der Waals surface area contributed by atoms with E-state index < -0.39 is 12.1 Å². The molecule has 0 fully saturated rings. The third kappa shape index (κ3) is 51.6. The molecule has 0 aliphatic rings. The molecule has 0 aromatic heterocycles. The molecule has 0 rings (SSSR count). The number of carbonyl (C=O) groups excluding carboxylic acids is 3. The molecule has 6 heteroatoms. The summed E-state index contributed by atoms with van der Waals surface area (Å²) in [6.45, 7) is 6.17. The van der Waals surface area contributed by atoms with Gasteiger partial charge in [-0.2, -0.15) is 0 Å². The normalized spacial score (nSPS) is 13.5. The van der Waals surface area contributed by atoms with Crippen LogP contribution in [-0.2, 0) is 28.6 Å². The predicted molar refractivity (Wildman–Crippen MR) is 288 cm³/mol. The summed E-state index contributed by atoms with van der Waals surface area (Å²) in [6.07, 6.45) is 79.2. The molecule has 6 nitrogen and oxygen atoms in total. The fourth-order valence-electron chi connectivity index (χ4n) is 6.02. The quantitative estimate of drug-likeness (QED) is 0.0199. The van der Waals surface area contributed by atoms with Crippen LogP contribution in [0.3, 0.4) is 0 Å². The van der Waals surface area contributed by atoms with Crippen LogP contribution in [0.1, 0.15) is 175 Å². The average molecular weight is 919 g/mol. The minimum Gasteiger partial charge on any atom is -0.462 e. The fourth-order valence-corrected chi connectivity index (χ4v) is 6.02. The Morgan fingerprint density at radius 3 is 1.12 bits per heavy atom. The Kier molecular flexibility index (Phi) is 49.2. The third-order valence-electron chi connectivity index (χ3n) is 9.81. The van der Waals surface area contributed by atoms with Gasteiger partial charge in [-0.15, -0.1) is 0 Å². The molecule has 0 amide bonds. The van der Waals surface area contributed by atoms with Crippen LogP contribution in [0.2, 0.25) is 0 Å². The van der Waals surface area contributed by atoms with E-state index in [9.17, 15) is 14.4 Å². The number of rotatable bonds is 43. The van der Waals surface area contributed by atoms with Gasteiger partial charge in [0.05, 0.1) is 0 Å². The summed E-state index contributed by atoms with van der Waals surface area (Å²) in [5.74, 6) is -1.13. The van der Waals surface area contributed by atoms with E-state index in [-0.39, 0.29) is 44.4 Å². The van der Waals surface area contributed by atoms with Crippen molar-refractivity contribution < 1.29 is 28.6 Å². The molecule has 0 N–H and O–H groups in total. The summed E-state index contributed by atoms with van der Waals surface area (Å²) >= 11 is 0. The van der Waals surface area contributed by atoms with Gasteiger partial charge in [-0.25, -0.2) is 0 Å². The van der Waals surface area contributed by atoms with Gasteiger partial charge in [0.25, 0.3) is 0 Å². The predicted octanol–water partition coefficient (Wildman–Crippen LogP) is 17.2. The number of carbonyl (C=O) groups is 3. The maximum absolute atomic E-state index is 12.8. The first-order valence-electron chi connectivity index (χ1n) is 25.7. The van der Waals surface area contributed by atoms with Crippen LogP contribution in [-0.4, -0.2) is 37.2 Å². The molecule has 67 heavy (non-hydrogen) atoms. The zero-order chi connectivity index (χ0) is 48.6. The zero-order valence-electron chi connectivity index (χ0n) is 42.1. The van der Waals surface area contributed by atoms with E-state index in [4.69, 9.17) is 14.2 Å². The number of allylic oxidation sites excluding steroid dienone is 28. The zero-order valence-corrected chi connectivity index (χ0v) is 42.1. The van der Waals surface area contributed by atoms with E-state index in [2.05, 4.69) is 136 Å². The second-order valence-corrected chi connectivity index (χ2v) is 16.1. The Bertz CT molecular complexity index is 1620. The molecule has 0 aliphatic carbocycles. The van der Waals surface area contributed by atoms with Crippen molar-refractivity contribution in [2.24, 2.45) is 0 Å². The highest BCUT2D eigenvalue weighted by molar-refractivity contribution is 5.71. The summed E-state index contributed by atoms with van der Waals surface area (Å²) < 4.78 is 16.6. The monoisotopic (exact) mass is 919 g/mol. The van der Waals surface area contributed by atoms with E-state index in [0.717, 1.165) is 96.3 Å². The summed E-state index contributed by atoms with van der Waals surface area (Å²) in [7, 11) is 0. The molecule has 0 heterocycles. The molecule has 0 saturated carbocycles. The molecule has 0 aliphatic heterocycles. The van der Waals surface area contributed by atoms with Crippen LogP contribution >= 0.6 is 0 Å². The van der Waals surface area contributed by atoms with Crippen molar-refractivity contribution in [3.63, 3.8) is 0 Å². The number of hydrogen-bond acceptors (Lipinski definition) is 6. The van der Waals surface area contributed by atoms with Crippen molar-refractivity contribution in [1.29, 1.82) is 0 Å². The Morgan fingerprint density at radius 1 is 0.328 bits per heavy atom. The molecular formula is C61H90O6. The fraction of sp³-hybridized carbons (Fsp3) is 0.492. The number of esters is 3. The lowest BCUT2D eigenvalue weighted by Gasteiger charge is -2.18. The van der Waals surface area contributed by atoms with Crippen molar-refractivity contribution in [2.75, 3.05) is 13.2 Å². The van der Waals surface area contributed by atoms with E-state index in [1.807, 2.05) is 54.7 Å². The number of ether oxygens (including phenoxy) is 3. The van der Waals surface area contributed by atoms with Crippen LogP contribution in [0.25, 0.3) is 0 Å². The Labute approximate surface area is 409 Å². The van der Waals surface area contributed by atoms with Gasteiger partial charge in [0.1, 0.15) is 13.2 Å². The largest absolute Gasteiger partial charge is 0.462 e. The Balaban J connectivity index is 4.66. The lowest BCUT2D eigenvalue weighted by Crippen LogP contribution is -2.30. The lowest BCUT2D eigenvalue weighted by atomic mass is 10.1. The molecule has 370 valence electrons. The maximum Gasteiger partial charge on any atom is 0.306 e. The summed E-state index contributed by atoms with van der Waals surface area (Å²) in [5, 5.41) is 0. The topological polar surface area (TPSA) is 78.9 Å². The SMILES string of the molecule is CC\C=C/C=C\C=C/C=C\C=C/CCCC(=O)OCC(COC(=O)CCCCC/C=C\C/C=C\C/C=C\C/C=C\C/C=C\CC)OC(=O)CCC/C=C\C/C=C\C/C=C\C/C=C\CCCCC. The molecule has 1 atom stereocenters. The van der Waals surface area contributed by atoms with E-state index in [1.165, 1.54) is 25.7 Å². The highest BCUT2D eigenvalue weighted by Gasteiger charge is 2.19. The molecule has 1 unspecified atom stereocenters. The highest BCUT2D eigenvalue weighted by atomic mass is 16.6. The molecule has 0 radical (unpaired) electrons. The number of unbranched alkanes of at least 4 members (excludes halogenated alkanes) is 8. The van der Waals surface area contributed by atoms with E-state index in [0.29, 0.717) is 12.8 Å². The first kappa shape index (κ1) is 61.8. The van der Waals surface area contributed by atoms with Crippen molar-refractivity contribution in [3.8, 4) is 0 Å². The molecule has 0 aromatic carbocycles. The molecule has 0 saturated heterocycles. The van der Waals surface area contributed by atoms with Gasteiger partial charge in [0.15, 0.2) is 6.10 Å². The van der Waals surface area contributed by atoms with Crippen molar-refractivity contribution in [2.45, 2.75) is 181 Å². The second-order valence-electron chi connectivity index (χ2n) is 16.1. The van der Waals surface area contributed by atoms with E-state index >= 15 is 0 Å². The Hall–Kier alpha value is -5.23. The van der Waals surface area contributed by atoms with Gasteiger partial charge in [0, 0.05) is 19.3 Å². The van der Waals surface area contributed by atoms with Gasteiger partial charge >= 0.3 is 17.9 Å². The van der Waals surface area contributed by atoms with Gasteiger partial charge in [-0.3, -0.25) is 14.4 Å².